The van der Waals surface area contributed by atoms with Gasteiger partial charge in [0.1, 0.15) is 6.04 Å². The van der Waals surface area contributed by atoms with Crippen molar-refractivity contribution >= 4 is 11.9 Å². The van der Waals surface area contributed by atoms with Gasteiger partial charge in [0.05, 0.1) is 0 Å². The number of carboxylic acid groups (broad SMARTS) is 1. The molecule has 0 saturated carbocycles. The molecular weight excluding hydrogens is 301 g/mol. The first-order valence-corrected chi connectivity index (χ1v) is 9.10. The zero-order chi connectivity index (χ0) is 16.6. The van der Waals surface area contributed by atoms with Crippen LogP contribution in [0, 0.1) is 0 Å². The third-order valence-corrected chi connectivity index (χ3v) is 4.01. The van der Waals surface area contributed by atoms with Crippen LogP contribution in [-0.2, 0) is 9.59 Å². The van der Waals surface area contributed by atoms with Gasteiger partial charge in [-0.2, -0.15) is 0 Å². The molecule has 5 heteroatoms. The van der Waals surface area contributed by atoms with Crippen LogP contribution in [0.5, 0.6) is 0 Å². The van der Waals surface area contributed by atoms with Gasteiger partial charge in [-0.15, -0.1) is 0 Å². The molecule has 4 nitrogen and oxygen atoms in total. The Kier molecular flexibility index (Phi) is 20.0. The van der Waals surface area contributed by atoms with E-state index in [0.29, 0.717) is 6.42 Å². The fourth-order valence-electron chi connectivity index (χ4n) is 2.50. The fraction of sp³-hybridized carbons (Fsp3) is 0.889. The van der Waals surface area contributed by atoms with Gasteiger partial charge in [-0.05, 0) is 13.3 Å². The van der Waals surface area contributed by atoms with Crippen LogP contribution in [0.25, 0.3) is 0 Å². The van der Waals surface area contributed by atoms with E-state index >= 15 is 0 Å². The molecule has 0 aliphatic rings. The zero-order valence-corrected chi connectivity index (χ0v) is 17.5. The molecule has 0 aliphatic heterocycles. The van der Waals surface area contributed by atoms with Gasteiger partial charge in [-0.25, -0.2) is 0 Å². The summed E-state index contributed by atoms with van der Waals surface area (Å²) in [6, 6.07) is -0.787. The maximum Gasteiger partial charge on any atom is 1.00 e. The molecule has 1 amide bonds. The van der Waals surface area contributed by atoms with E-state index in [1.54, 1.807) is 0 Å². The summed E-state index contributed by atoms with van der Waals surface area (Å²) in [7, 11) is 0. The van der Waals surface area contributed by atoms with Crippen LogP contribution in [0.3, 0.4) is 0 Å². The van der Waals surface area contributed by atoms with Crippen molar-refractivity contribution in [2.24, 2.45) is 0 Å². The average molecular weight is 337 g/mol. The van der Waals surface area contributed by atoms with Crippen molar-refractivity contribution in [3.05, 3.63) is 0 Å². The largest absolute Gasteiger partial charge is 1.00 e. The molecule has 0 saturated heterocycles. The molecule has 0 bridgehead atoms. The number of aliphatic carboxylic acids is 1. The molecule has 0 aromatic heterocycles. The quantitative estimate of drug-likeness (QED) is 0.354. The molecule has 0 aromatic rings. The Labute approximate surface area is 166 Å². The monoisotopic (exact) mass is 337 g/mol. The third-order valence-electron chi connectivity index (χ3n) is 4.01. The molecule has 23 heavy (non-hydrogen) atoms. The summed E-state index contributed by atoms with van der Waals surface area (Å²) < 4.78 is 0. The Balaban J connectivity index is -0.00000220. The maximum absolute atomic E-state index is 11.5. The van der Waals surface area contributed by atoms with Crippen molar-refractivity contribution in [1.29, 1.82) is 0 Å². The average Bonchev–Trinajstić information content (AvgIpc) is 2.48. The van der Waals surface area contributed by atoms with Gasteiger partial charge in [0.25, 0.3) is 0 Å². The summed E-state index contributed by atoms with van der Waals surface area (Å²) in [4.78, 5) is 22.1. The normalized spacial score (nSPS) is 11.6. The van der Waals surface area contributed by atoms with Crippen molar-refractivity contribution in [3.8, 4) is 0 Å². The second kappa shape index (κ2) is 18.3. The van der Waals surface area contributed by atoms with Gasteiger partial charge in [0, 0.05) is 6.42 Å². The summed E-state index contributed by atoms with van der Waals surface area (Å²) in [6.45, 7) is 3.73. The van der Waals surface area contributed by atoms with Crippen LogP contribution in [0.4, 0.5) is 0 Å². The first-order valence-electron chi connectivity index (χ1n) is 9.10. The second-order valence-electron chi connectivity index (χ2n) is 6.27. The molecule has 1 atom stereocenters. The molecule has 2 N–H and O–H groups in total. The molecule has 0 aliphatic carbocycles. The van der Waals surface area contributed by atoms with E-state index in [0.717, 1.165) is 12.8 Å². The molecule has 0 rings (SSSR count). The molecular formula is C18H36NNaO3. The van der Waals surface area contributed by atoms with E-state index in [-0.39, 0.29) is 36.9 Å². The van der Waals surface area contributed by atoms with Crippen molar-refractivity contribution in [2.45, 2.75) is 103 Å². The van der Waals surface area contributed by atoms with Crippen LogP contribution in [0.15, 0.2) is 0 Å². The number of unbranched alkanes of at least 4 members (excludes halogenated alkanes) is 11. The minimum Gasteiger partial charge on any atom is -1.00 e. The molecule has 0 fully saturated rings. The Bertz CT molecular complexity index is 304. The van der Waals surface area contributed by atoms with Crippen LogP contribution in [0.1, 0.15) is 98.7 Å². The number of carboxylic acids is 1. The summed E-state index contributed by atoms with van der Waals surface area (Å²) >= 11 is 0. The zero-order valence-electron chi connectivity index (χ0n) is 16.5. The number of hydrogen-bond donors (Lipinski definition) is 2. The predicted octanol–water partition coefficient (Wildman–Crippen LogP) is 1.78. The molecule has 132 valence electrons. The summed E-state index contributed by atoms with van der Waals surface area (Å²) in [5, 5.41) is 11.2. The Morgan fingerprint density at radius 1 is 0.870 bits per heavy atom. The minimum atomic E-state index is -0.983. The molecule has 0 spiro atoms. The first-order chi connectivity index (χ1) is 10.6. The molecule has 0 heterocycles. The van der Waals surface area contributed by atoms with Crippen molar-refractivity contribution in [3.63, 3.8) is 0 Å². The van der Waals surface area contributed by atoms with E-state index in [1.807, 2.05) is 0 Å². The SMILES string of the molecule is CCCCCCCCCCCCCCC(=O)N[C@@H](C)C(=O)O.[H-].[Na+]. The van der Waals surface area contributed by atoms with Crippen LogP contribution in [-0.4, -0.2) is 23.0 Å². The second-order valence-corrected chi connectivity index (χ2v) is 6.27. The fourth-order valence-corrected chi connectivity index (χ4v) is 2.50. The van der Waals surface area contributed by atoms with Gasteiger partial charge in [-0.1, -0.05) is 77.6 Å². The van der Waals surface area contributed by atoms with E-state index in [4.69, 9.17) is 5.11 Å². The summed E-state index contributed by atoms with van der Waals surface area (Å²) in [5.41, 5.74) is 0. The predicted molar refractivity (Wildman–Crippen MR) is 92.0 cm³/mol. The Hall–Kier alpha value is -0.0600. The van der Waals surface area contributed by atoms with Crippen molar-refractivity contribution in [1.82, 2.24) is 5.32 Å². The van der Waals surface area contributed by atoms with Crippen LogP contribution in [0.2, 0.25) is 0 Å². The van der Waals surface area contributed by atoms with E-state index in [1.165, 1.54) is 71.1 Å². The Morgan fingerprint density at radius 3 is 1.65 bits per heavy atom. The topological polar surface area (TPSA) is 66.4 Å². The standard InChI is InChI=1S/C18H35NO3.Na.H/c1-3-4-5-6-7-8-9-10-11-12-13-14-15-17(20)19-16(2)18(21)22;;/h16H,3-15H2,1-2H3,(H,19,20)(H,21,22);;/q;+1;-1/t16-;;/m0../s1. The number of hydrogen-bond acceptors (Lipinski definition) is 2. The van der Waals surface area contributed by atoms with Gasteiger partial charge >= 0.3 is 35.5 Å². The van der Waals surface area contributed by atoms with Crippen LogP contribution < -0.4 is 34.9 Å². The summed E-state index contributed by atoms with van der Waals surface area (Å²) in [6.07, 6.45) is 15.6. The minimum absolute atomic E-state index is 0. The molecule has 0 radical (unpaired) electrons. The van der Waals surface area contributed by atoms with Gasteiger partial charge in [0.2, 0.25) is 5.91 Å². The number of carbonyl (C=O) groups excluding carboxylic acids is 1. The van der Waals surface area contributed by atoms with Gasteiger partial charge in [0.15, 0.2) is 0 Å². The smallest absolute Gasteiger partial charge is 1.00 e. The number of nitrogens with one attached hydrogen (secondary N) is 1. The number of amides is 1. The van der Waals surface area contributed by atoms with E-state index < -0.39 is 12.0 Å². The van der Waals surface area contributed by atoms with Crippen molar-refractivity contribution in [2.75, 3.05) is 0 Å². The van der Waals surface area contributed by atoms with Crippen molar-refractivity contribution < 1.29 is 45.7 Å². The maximum atomic E-state index is 11.5. The third kappa shape index (κ3) is 18.1. The van der Waals surface area contributed by atoms with Gasteiger partial charge in [-0.3, -0.25) is 9.59 Å². The number of rotatable bonds is 15. The Morgan fingerprint density at radius 2 is 1.26 bits per heavy atom. The van der Waals surface area contributed by atoms with Gasteiger partial charge < -0.3 is 11.8 Å². The van der Waals surface area contributed by atoms with Crippen LogP contribution >= 0.6 is 0 Å². The summed E-state index contributed by atoms with van der Waals surface area (Å²) in [5.74, 6) is -1.13. The molecule has 0 aromatic carbocycles. The molecule has 0 unspecified atom stereocenters. The van der Waals surface area contributed by atoms with E-state index in [9.17, 15) is 9.59 Å². The number of carbonyl (C=O) groups is 2. The van der Waals surface area contributed by atoms with E-state index in [2.05, 4.69) is 12.2 Å². The first kappa shape index (κ1) is 25.2.